The molecule has 0 radical (unpaired) electrons. The van der Waals surface area contributed by atoms with E-state index in [9.17, 15) is 0 Å². The second-order valence-electron chi connectivity index (χ2n) is 3.81. The molecule has 0 aliphatic heterocycles. The molecule has 0 fully saturated rings. The molecule has 5 heteroatoms. The number of nitrogens with one attached hydrogen (secondary N) is 1. The summed E-state index contributed by atoms with van der Waals surface area (Å²) in [5, 5.41) is 11.4. The van der Waals surface area contributed by atoms with Gasteiger partial charge in [0, 0.05) is 18.1 Å². The van der Waals surface area contributed by atoms with Crippen molar-refractivity contribution in [3.8, 4) is 0 Å². The Labute approximate surface area is 98.9 Å². The predicted molar refractivity (Wildman–Crippen MR) is 65.7 cm³/mol. The quantitative estimate of drug-likeness (QED) is 0.886. The highest BCUT2D eigenvalue weighted by Crippen LogP contribution is 2.18. The predicted octanol–water partition coefficient (Wildman–Crippen LogP) is 2.47. The standard InChI is InChI=1S/C11H14N4S/c1-7-4-5-10(9(3)8(7)2)6-12-11-13-14-15-16-11/h4-5H,6H2,1-3H3,(H,12,13,15). The smallest absolute Gasteiger partial charge is 0.225 e. The van der Waals surface area contributed by atoms with Crippen LogP contribution in [0.3, 0.4) is 0 Å². The molecule has 84 valence electrons. The van der Waals surface area contributed by atoms with Gasteiger partial charge in [-0.15, -0.1) is 0 Å². The molecule has 1 heterocycles. The van der Waals surface area contributed by atoms with Crippen LogP contribution in [0, 0.1) is 20.8 Å². The number of aryl methyl sites for hydroxylation is 1. The third kappa shape index (κ3) is 2.19. The van der Waals surface area contributed by atoms with Crippen LogP contribution in [0.1, 0.15) is 22.3 Å². The zero-order chi connectivity index (χ0) is 11.5. The minimum Gasteiger partial charge on any atom is -0.355 e. The largest absolute Gasteiger partial charge is 0.355 e. The molecule has 2 aromatic rings. The molecule has 0 saturated heterocycles. The highest BCUT2D eigenvalue weighted by atomic mass is 32.1. The van der Waals surface area contributed by atoms with E-state index in [0.717, 1.165) is 11.7 Å². The van der Waals surface area contributed by atoms with Crippen molar-refractivity contribution in [1.29, 1.82) is 0 Å². The second-order valence-corrected chi connectivity index (χ2v) is 4.55. The number of benzene rings is 1. The Bertz CT molecular complexity index is 479. The van der Waals surface area contributed by atoms with E-state index in [1.54, 1.807) is 0 Å². The molecule has 16 heavy (non-hydrogen) atoms. The summed E-state index contributed by atoms with van der Waals surface area (Å²) >= 11 is 1.27. The van der Waals surface area contributed by atoms with Gasteiger partial charge < -0.3 is 5.32 Å². The minimum absolute atomic E-state index is 0.762. The van der Waals surface area contributed by atoms with Crippen LogP contribution in [0.5, 0.6) is 0 Å². The lowest BCUT2D eigenvalue weighted by Crippen LogP contribution is -2.03. The maximum absolute atomic E-state index is 3.85. The summed E-state index contributed by atoms with van der Waals surface area (Å²) in [6, 6.07) is 4.30. The van der Waals surface area contributed by atoms with E-state index < -0.39 is 0 Å². The van der Waals surface area contributed by atoms with E-state index in [-0.39, 0.29) is 0 Å². The first-order valence-corrected chi connectivity index (χ1v) is 5.90. The molecule has 0 spiro atoms. The first-order chi connectivity index (χ1) is 7.68. The van der Waals surface area contributed by atoms with Crippen molar-refractivity contribution < 1.29 is 0 Å². The highest BCUT2D eigenvalue weighted by molar-refractivity contribution is 7.09. The number of anilines is 1. The topological polar surface area (TPSA) is 50.7 Å². The van der Waals surface area contributed by atoms with Crippen LogP contribution in [0.15, 0.2) is 12.1 Å². The van der Waals surface area contributed by atoms with Crippen LogP contribution in [0.4, 0.5) is 5.13 Å². The Morgan fingerprint density at radius 3 is 2.69 bits per heavy atom. The van der Waals surface area contributed by atoms with E-state index in [0.29, 0.717) is 0 Å². The normalized spacial score (nSPS) is 10.4. The Morgan fingerprint density at radius 1 is 1.19 bits per heavy atom. The Kier molecular flexibility index (Phi) is 3.14. The van der Waals surface area contributed by atoms with Gasteiger partial charge in [-0.25, -0.2) is 0 Å². The SMILES string of the molecule is Cc1ccc(CNc2nnns2)c(C)c1C. The summed E-state index contributed by atoms with van der Waals surface area (Å²) in [4.78, 5) is 0. The Morgan fingerprint density at radius 2 is 2.00 bits per heavy atom. The Balaban J connectivity index is 2.13. The highest BCUT2D eigenvalue weighted by Gasteiger charge is 2.04. The van der Waals surface area contributed by atoms with Gasteiger partial charge in [-0.2, -0.15) is 0 Å². The number of nitrogens with zero attached hydrogens (tertiary/aromatic N) is 3. The molecular weight excluding hydrogens is 220 g/mol. The molecule has 0 bridgehead atoms. The summed E-state index contributed by atoms with van der Waals surface area (Å²) < 4.78 is 3.71. The molecular formula is C11H14N4S. The van der Waals surface area contributed by atoms with Gasteiger partial charge >= 0.3 is 0 Å². The summed E-state index contributed by atoms with van der Waals surface area (Å²) in [7, 11) is 0. The van der Waals surface area contributed by atoms with Crippen molar-refractivity contribution in [2.45, 2.75) is 27.3 Å². The van der Waals surface area contributed by atoms with E-state index in [1.165, 1.54) is 33.8 Å². The Hall–Kier alpha value is -1.49. The van der Waals surface area contributed by atoms with Crippen LogP contribution in [0.2, 0.25) is 0 Å². The van der Waals surface area contributed by atoms with Gasteiger partial charge in [-0.1, -0.05) is 21.7 Å². The summed E-state index contributed by atoms with van der Waals surface area (Å²) in [5.41, 5.74) is 5.32. The molecule has 1 aromatic carbocycles. The van der Waals surface area contributed by atoms with Crippen LogP contribution in [-0.2, 0) is 6.54 Å². The van der Waals surface area contributed by atoms with Gasteiger partial charge in [-0.3, -0.25) is 0 Å². The lowest BCUT2D eigenvalue weighted by Gasteiger charge is -2.11. The monoisotopic (exact) mass is 234 g/mol. The average Bonchev–Trinajstić information content (AvgIpc) is 2.78. The molecule has 4 nitrogen and oxygen atoms in total. The van der Waals surface area contributed by atoms with E-state index in [4.69, 9.17) is 0 Å². The maximum Gasteiger partial charge on any atom is 0.225 e. The fourth-order valence-electron chi connectivity index (χ4n) is 1.58. The van der Waals surface area contributed by atoms with Gasteiger partial charge in [0.1, 0.15) is 0 Å². The van der Waals surface area contributed by atoms with Crippen molar-refractivity contribution in [2.24, 2.45) is 0 Å². The van der Waals surface area contributed by atoms with Gasteiger partial charge in [0.15, 0.2) is 0 Å². The minimum atomic E-state index is 0.762. The summed E-state index contributed by atoms with van der Waals surface area (Å²) in [6.45, 7) is 7.20. The van der Waals surface area contributed by atoms with E-state index in [1.807, 2.05) is 0 Å². The molecule has 2 rings (SSSR count). The molecule has 0 aliphatic rings. The average molecular weight is 234 g/mol. The van der Waals surface area contributed by atoms with Crippen molar-refractivity contribution in [3.05, 3.63) is 34.4 Å². The number of rotatable bonds is 3. The lowest BCUT2D eigenvalue weighted by molar-refractivity contribution is 0.949. The van der Waals surface area contributed by atoms with Gasteiger partial charge in [-0.05, 0) is 48.2 Å². The van der Waals surface area contributed by atoms with Crippen LogP contribution >= 0.6 is 11.5 Å². The summed E-state index contributed by atoms with van der Waals surface area (Å²) in [6.07, 6.45) is 0. The van der Waals surface area contributed by atoms with Crippen molar-refractivity contribution in [3.63, 3.8) is 0 Å². The second kappa shape index (κ2) is 4.57. The van der Waals surface area contributed by atoms with Crippen molar-refractivity contribution >= 4 is 16.7 Å². The zero-order valence-electron chi connectivity index (χ0n) is 9.61. The number of hydrogen-bond donors (Lipinski definition) is 1. The van der Waals surface area contributed by atoms with Crippen LogP contribution in [0.25, 0.3) is 0 Å². The first kappa shape index (κ1) is 11.0. The summed E-state index contributed by atoms with van der Waals surface area (Å²) in [5.74, 6) is 0. The van der Waals surface area contributed by atoms with Gasteiger partial charge in [0.2, 0.25) is 5.13 Å². The van der Waals surface area contributed by atoms with Crippen molar-refractivity contribution in [2.75, 3.05) is 5.32 Å². The van der Waals surface area contributed by atoms with Gasteiger partial charge in [0.05, 0.1) is 0 Å². The molecule has 0 aliphatic carbocycles. The first-order valence-electron chi connectivity index (χ1n) is 5.13. The molecule has 0 atom stereocenters. The number of hydrogen-bond acceptors (Lipinski definition) is 5. The van der Waals surface area contributed by atoms with E-state index >= 15 is 0 Å². The van der Waals surface area contributed by atoms with Gasteiger partial charge in [0.25, 0.3) is 0 Å². The van der Waals surface area contributed by atoms with E-state index in [2.05, 4.69) is 53.0 Å². The van der Waals surface area contributed by atoms with Crippen LogP contribution in [-0.4, -0.2) is 14.8 Å². The van der Waals surface area contributed by atoms with Crippen LogP contribution < -0.4 is 5.32 Å². The molecule has 0 saturated carbocycles. The fraction of sp³-hybridized carbons (Fsp3) is 0.364. The molecule has 1 aromatic heterocycles. The molecule has 0 amide bonds. The fourth-order valence-corrected chi connectivity index (χ4v) is 1.94. The zero-order valence-corrected chi connectivity index (χ0v) is 10.4. The number of aromatic nitrogens is 3. The third-order valence-electron chi connectivity index (χ3n) is 2.90. The maximum atomic E-state index is 3.85. The molecule has 1 N–H and O–H groups in total. The molecule has 0 unspecified atom stereocenters. The lowest BCUT2D eigenvalue weighted by atomic mass is 9.99. The van der Waals surface area contributed by atoms with Crippen molar-refractivity contribution in [1.82, 2.24) is 14.8 Å². The third-order valence-corrected chi connectivity index (χ3v) is 3.45.